The molecule has 0 fully saturated rings. The van der Waals surface area contributed by atoms with Gasteiger partial charge in [-0.15, -0.1) is 0 Å². The Labute approximate surface area is 185 Å². The smallest absolute Gasteiger partial charge is 0.230 e. The zero-order valence-corrected chi connectivity index (χ0v) is 18.9. The van der Waals surface area contributed by atoms with Crippen molar-refractivity contribution in [2.45, 2.75) is 33.2 Å². The third kappa shape index (κ3) is 4.05. The summed E-state index contributed by atoms with van der Waals surface area (Å²) in [7, 11) is 0. The maximum Gasteiger partial charge on any atom is 0.230 e. The van der Waals surface area contributed by atoms with Crippen molar-refractivity contribution >= 4 is 22.4 Å². The van der Waals surface area contributed by atoms with Crippen LogP contribution in [0.15, 0.2) is 66.9 Å². The summed E-state index contributed by atoms with van der Waals surface area (Å²) in [5, 5.41) is 1.31. The van der Waals surface area contributed by atoms with Gasteiger partial charge in [0.15, 0.2) is 0 Å². The highest BCUT2D eigenvalue weighted by Crippen LogP contribution is 2.41. The lowest BCUT2D eigenvalue weighted by molar-refractivity contribution is -0.134. The van der Waals surface area contributed by atoms with Gasteiger partial charge in [-0.2, -0.15) is 0 Å². The van der Waals surface area contributed by atoms with Crippen molar-refractivity contribution in [3.05, 3.63) is 78.1 Å². The number of allylic oxidation sites excluding steroid dienone is 2. The van der Waals surface area contributed by atoms with Crippen molar-refractivity contribution in [2.24, 2.45) is 5.92 Å². The maximum atomic E-state index is 13.3. The number of H-pyrrole nitrogens is 1. The zero-order valence-electron chi connectivity index (χ0n) is 18.9. The Morgan fingerprint density at radius 2 is 2.03 bits per heavy atom. The van der Waals surface area contributed by atoms with Gasteiger partial charge in [0, 0.05) is 49.3 Å². The van der Waals surface area contributed by atoms with Crippen molar-refractivity contribution < 1.29 is 4.79 Å². The van der Waals surface area contributed by atoms with E-state index in [1.54, 1.807) is 0 Å². The number of nitrogens with one attached hydrogen (secondary N) is 1. The monoisotopic (exact) mass is 415 g/mol. The molecule has 4 rings (SSSR count). The molecule has 2 heterocycles. The van der Waals surface area contributed by atoms with Gasteiger partial charge >= 0.3 is 0 Å². The average molecular weight is 416 g/mol. The van der Waals surface area contributed by atoms with Crippen molar-refractivity contribution in [2.75, 3.05) is 26.2 Å². The van der Waals surface area contributed by atoms with Crippen LogP contribution in [-0.2, 0) is 11.2 Å². The van der Waals surface area contributed by atoms with Crippen LogP contribution in [0.1, 0.15) is 31.9 Å². The number of carbonyl (C=O) groups excluding carboxylic acids is 1. The van der Waals surface area contributed by atoms with E-state index < -0.39 is 0 Å². The quantitative estimate of drug-likeness (QED) is 0.649. The first-order valence-electron chi connectivity index (χ1n) is 11.3. The molecule has 0 unspecified atom stereocenters. The van der Waals surface area contributed by atoms with E-state index in [1.165, 1.54) is 27.6 Å². The van der Waals surface area contributed by atoms with Gasteiger partial charge in [-0.05, 0) is 55.5 Å². The molecule has 1 aliphatic heterocycles. The molecular formula is C27H33N3O. The highest BCUT2D eigenvalue weighted by Gasteiger charge is 2.38. The van der Waals surface area contributed by atoms with E-state index in [2.05, 4.69) is 67.4 Å². The van der Waals surface area contributed by atoms with Crippen LogP contribution in [0.5, 0.6) is 0 Å². The van der Waals surface area contributed by atoms with Gasteiger partial charge in [-0.25, -0.2) is 0 Å². The van der Waals surface area contributed by atoms with Crippen LogP contribution < -0.4 is 0 Å². The van der Waals surface area contributed by atoms with E-state index in [0.717, 1.165) is 43.7 Å². The molecule has 2 atom stereocenters. The van der Waals surface area contributed by atoms with Crippen LogP contribution in [0.4, 0.5) is 0 Å². The lowest BCUT2D eigenvalue weighted by atomic mass is 9.79. The van der Waals surface area contributed by atoms with Crippen molar-refractivity contribution in [3.63, 3.8) is 0 Å². The van der Waals surface area contributed by atoms with Crippen LogP contribution in [0.25, 0.3) is 16.5 Å². The molecule has 2 aromatic rings. The topological polar surface area (TPSA) is 39.3 Å². The molecule has 0 saturated heterocycles. The lowest BCUT2D eigenvalue weighted by Crippen LogP contribution is -2.49. The molecule has 1 aromatic heterocycles. The van der Waals surface area contributed by atoms with Crippen molar-refractivity contribution in [3.8, 4) is 0 Å². The van der Waals surface area contributed by atoms with E-state index in [-0.39, 0.29) is 17.9 Å². The number of aromatic amines is 1. The second-order valence-corrected chi connectivity index (χ2v) is 8.77. The second-order valence-electron chi connectivity index (χ2n) is 8.77. The summed E-state index contributed by atoms with van der Waals surface area (Å²) in [6, 6.07) is 6.70. The first-order chi connectivity index (χ1) is 14.9. The van der Waals surface area contributed by atoms with E-state index in [0.29, 0.717) is 0 Å². The van der Waals surface area contributed by atoms with Crippen LogP contribution >= 0.6 is 0 Å². The highest BCUT2D eigenvalue weighted by atomic mass is 16.2. The SMILES string of the molecule is C=C(C)/C=C\C(=C)CN1C[C@H](C(=O)N(CC)CC)C=C2c3cccc4[nH]cc(c34)C[C@H]21. The van der Waals surface area contributed by atoms with Crippen molar-refractivity contribution in [1.82, 2.24) is 14.8 Å². The minimum absolute atomic E-state index is 0.139. The fraction of sp³-hybridized carbons (Fsp3) is 0.370. The number of nitrogens with zero attached hydrogens (tertiary/aromatic N) is 2. The standard InChI is InChI=1S/C27H33N3O/c1-6-29(7-2)27(31)21-13-23-22-9-8-10-24-26(22)20(15-28-24)14-25(23)30(17-21)16-19(5)12-11-18(3)4/h8-13,15,21,25,28H,3,5-7,14,16-17H2,1-2,4H3/b12-11-/t21-,25-/m1/s1. The Bertz CT molecular complexity index is 1080. The van der Waals surface area contributed by atoms with Gasteiger partial charge in [-0.3, -0.25) is 9.69 Å². The summed E-state index contributed by atoms with van der Waals surface area (Å²) in [6.45, 7) is 17.3. The van der Waals surface area contributed by atoms with Gasteiger partial charge < -0.3 is 9.88 Å². The van der Waals surface area contributed by atoms with Gasteiger partial charge in [0.25, 0.3) is 0 Å². The fourth-order valence-electron chi connectivity index (χ4n) is 5.00. The van der Waals surface area contributed by atoms with Crippen LogP contribution in [0.2, 0.25) is 0 Å². The molecule has 0 radical (unpaired) electrons. The molecule has 1 N–H and O–H groups in total. The molecular weight excluding hydrogens is 382 g/mol. The third-order valence-electron chi connectivity index (χ3n) is 6.53. The third-order valence-corrected chi connectivity index (χ3v) is 6.53. The van der Waals surface area contributed by atoms with Crippen molar-refractivity contribution in [1.29, 1.82) is 0 Å². The van der Waals surface area contributed by atoms with Gasteiger partial charge in [0.1, 0.15) is 0 Å². The molecule has 1 amide bonds. The minimum atomic E-state index is -0.139. The van der Waals surface area contributed by atoms with Gasteiger partial charge in [-0.1, -0.05) is 49.1 Å². The molecule has 31 heavy (non-hydrogen) atoms. The number of fused-ring (bicyclic) bond motifs is 2. The highest BCUT2D eigenvalue weighted by molar-refractivity contribution is 5.99. The maximum absolute atomic E-state index is 13.3. The summed E-state index contributed by atoms with van der Waals surface area (Å²) in [6.07, 6.45) is 9.40. The average Bonchev–Trinajstić information content (AvgIpc) is 3.18. The molecule has 4 heteroatoms. The normalized spacial score (nSPS) is 20.5. The van der Waals surface area contributed by atoms with E-state index in [4.69, 9.17) is 0 Å². The zero-order chi connectivity index (χ0) is 22.1. The van der Waals surface area contributed by atoms with Gasteiger partial charge in [0.05, 0.1) is 5.92 Å². The Balaban J connectivity index is 1.74. The lowest BCUT2D eigenvalue weighted by Gasteiger charge is -2.42. The molecule has 1 aromatic carbocycles. The Morgan fingerprint density at radius 3 is 2.74 bits per heavy atom. The summed E-state index contributed by atoms with van der Waals surface area (Å²) < 4.78 is 0. The summed E-state index contributed by atoms with van der Waals surface area (Å²) in [4.78, 5) is 21.1. The Kier molecular flexibility index (Phi) is 6.01. The Morgan fingerprint density at radius 1 is 1.26 bits per heavy atom. The van der Waals surface area contributed by atoms with Crippen LogP contribution in [-0.4, -0.2) is 52.9 Å². The molecule has 4 nitrogen and oxygen atoms in total. The molecule has 162 valence electrons. The summed E-state index contributed by atoms with van der Waals surface area (Å²) >= 11 is 0. The van der Waals surface area contributed by atoms with E-state index in [9.17, 15) is 4.79 Å². The number of benzene rings is 1. The first-order valence-corrected chi connectivity index (χ1v) is 11.3. The van der Waals surface area contributed by atoms with Crippen LogP contribution in [0, 0.1) is 5.92 Å². The number of hydrogen-bond acceptors (Lipinski definition) is 2. The van der Waals surface area contributed by atoms with Crippen LogP contribution in [0.3, 0.4) is 0 Å². The minimum Gasteiger partial charge on any atom is -0.361 e. The molecule has 0 spiro atoms. The number of rotatable bonds is 7. The predicted octanol–water partition coefficient (Wildman–Crippen LogP) is 4.96. The predicted molar refractivity (Wildman–Crippen MR) is 130 cm³/mol. The first kappa shape index (κ1) is 21.4. The number of amides is 1. The number of carbonyl (C=O) groups is 1. The molecule has 1 aliphatic carbocycles. The summed E-state index contributed by atoms with van der Waals surface area (Å²) in [5.41, 5.74) is 7.12. The summed E-state index contributed by atoms with van der Waals surface area (Å²) in [5.74, 6) is 0.0795. The van der Waals surface area contributed by atoms with E-state index in [1.807, 2.05) is 24.0 Å². The molecule has 0 saturated carbocycles. The second kappa shape index (κ2) is 8.72. The Hall–Kier alpha value is -2.85. The fourth-order valence-corrected chi connectivity index (χ4v) is 5.00. The molecule has 0 bridgehead atoms. The molecule has 2 aliphatic rings. The van der Waals surface area contributed by atoms with Gasteiger partial charge in [0.2, 0.25) is 5.91 Å². The largest absolute Gasteiger partial charge is 0.361 e. The number of aromatic nitrogens is 1. The number of hydrogen-bond donors (Lipinski definition) is 1. The van der Waals surface area contributed by atoms with E-state index >= 15 is 0 Å².